The number of nitrogens with one attached hydrogen (secondary N) is 1. The molecule has 28 heavy (non-hydrogen) atoms. The molecule has 0 saturated carbocycles. The van der Waals surface area contributed by atoms with E-state index in [1.54, 1.807) is 54.9 Å². The fraction of sp³-hybridized carbons (Fsp3) is 0.0952. The zero-order valence-electron chi connectivity index (χ0n) is 14.8. The Morgan fingerprint density at radius 3 is 2.61 bits per heavy atom. The van der Waals surface area contributed by atoms with Gasteiger partial charge in [-0.05, 0) is 48.0 Å². The highest BCUT2D eigenvalue weighted by Crippen LogP contribution is 2.34. The van der Waals surface area contributed by atoms with E-state index >= 15 is 0 Å². The van der Waals surface area contributed by atoms with Gasteiger partial charge in [-0.1, -0.05) is 12.1 Å². The normalized spacial score (nSPS) is 12.9. The number of aromatic nitrogens is 1. The quantitative estimate of drug-likeness (QED) is 0.757. The van der Waals surface area contributed by atoms with Crippen LogP contribution in [0.25, 0.3) is 0 Å². The van der Waals surface area contributed by atoms with Crippen LogP contribution in [0.3, 0.4) is 0 Å². The van der Waals surface area contributed by atoms with E-state index < -0.39 is 0 Å². The van der Waals surface area contributed by atoms with Gasteiger partial charge in [-0.3, -0.25) is 14.6 Å². The molecule has 0 spiro atoms. The second kappa shape index (κ2) is 7.48. The maximum absolute atomic E-state index is 13.2. The molecule has 0 unspecified atom stereocenters. The Morgan fingerprint density at radius 2 is 1.86 bits per heavy atom. The predicted molar refractivity (Wildman–Crippen MR) is 102 cm³/mol. The molecule has 1 aliphatic heterocycles. The number of halogens is 1. The summed E-state index contributed by atoms with van der Waals surface area (Å²) < 4.78 is 18.6. The van der Waals surface area contributed by atoms with Gasteiger partial charge in [0.15, 0.2) is 6.61 Å². The molecule has 7 heteroatoms. The summed E-state index contributed by atoms with van der Waals surface area (Å²) in [5.41, 5.74) is 2.28. The summed E-state index contributed by atoms with van der Waals surface area (Å²) in [6.45, 7) is 0.168. The minimum atomic E-state index is -0.340. The minimum absolute atomic E-state index is 0.0866. The van der Waals surface area contributed by atoms with Gasteiger partial charge in [-0.25, -0.2) is 4.39 Å². The van der Waals surface area contributed by atoms with Crippen LogP contribution in [-0.2, 0) is 11.3 Å². The minimum Gasteiger partial charge on any atom is -0.482 e. The van der Waals surface area contributed by atoms with Crippen LogP contribution in [-0.4, -0.2) is 23.4 Å². The summed E-state index contributed by atoms with van der Waals surface area (Å²) in [6.07, 6.45) is 3.17. The van der Waals surface area contributed by atoms with Crippen LogP contribution in [0.2, 0.25) is 0 Å². The third-order valence-electron chi connectivity index (χ3n) is 4.36. The topological polar surface area (TPSA) is 71.5 Å². The molecule has 2 aromatic carbocycles. The molecule has 0 aliphatic carbocycles. The number of hydrogen-bond acceptors (Lipinski definition) is 4. The molecule has 2 heterocycles. The van der Waals surface area contributed by atoms with E-state index in [0.29, 0.717) is 22.7 Å². The Bertz CT molecular complexity index is 1020. The lowest BCUT2D eigenvalue weighted by atomic mass is 10.1. The van der Waals surface area contributed by atoms with Crippen LogP contribution in [0, 0.1) is 5.82 Å². The van der Waals surface area contributed by atoms with Gasteiger partial charge in [-0.2, -0.15) is 0 Å². The summed E-state index contributed by atoms with van der Waals surface area (Å²) in [7, 11) is 0. The predicted octanol–water partition coefficient (Wildman–Crippen LogP) is 3.40. The molecular formula is C21H16FN3O3. The van der Waals surface area contributed by atoms with Crippen molar-refractivity contribution in [2.45, 2.75) is 6.54 Å². The first-order valence-corrected chi connectivity index (χ1v) is 8.63. The third-order valence-corrected chi connectivity index (χ3v) is 4.36. The van der Waals surface area contributed by atoms with Crippen molar-refractivity contribution in [3.8, 4) is 5.75 Å². The fourth-order valence-electron chi connectivity index (χ4n) is 2.93. The van der Waals surface area contributed by atoms with Gasteiger partial charge in [0.25, 0.3) is 11.8 Å². The average molecular weight is 377 g/mol. The Labute approximate surface area is 160 Å². The first-order chi connectivity index (χ1) is 13.6. The van der Waals surface area contributed by atoms with E-state index in [1.165, 1.54) is 17.0 Å². The smallest absolute Gasteiger partial charge is 0.265 e. The molecule has 1 aromatic heterocycles. The SMILES string of the molecule is O=C(Nc1ccncc1)c1ccc2c(c1)N(Cc1ccc(F)cc1)C(=O)CO2. The number of hydrogen-bond donors (Lipinski definition) is 1. The van der Waals surface area contributed by atoms with Crippen molar-refractivity contribution in [2.75, 3.05) is 16.8 Å². The number of benzene rings is 2. The van der Waals surface area contributed by atoms with Crippen LogP contribution in [0.4, 0.5) is 15.8 Å². The Morgan fingerprint density at radius 1 is 1.11 bits per heavy atom. The molecule has 0 bridgehead atoms. The molecule has 6 nitrogen and oxygen atoms in total. The number of carbonyl (C=O) groups excluding carboxylic acids is 2. The molecule has 0 fully saturated rings. The van der Waals surface area contributed by atoms with Crippen molar-refractivity contribution in [1.82, 2.24) is 4.98 Å². The first kappa shape index (κ1) is 17.7. The maximum atomic E-state index is 13.2. The highest BCUT2D eigenvalue weighted by atomic mass is 19.1. The zero-order chi connectivity index (χ0) is 19.5. The molecule has 2 amide bonds. The zero-order valence-corrected chi connectivity index (χ0v) is 14.8. The number of nitrogens with zero attached hydrogens (tertiary/aromatic N) is 2. The summed E-state index contributed by atoms with van der Waals surface area (Å²) in [4.78, 5) is 30.4. The van der Waals surface area contributed by atoms with Gasteiger partial charge in [-0.15, -0.1) is 0 Å². The van der Waals surface area contributed by atoms with Crippen LogP contribution in [0.1, 0.15) is 15.9 Å². The number of ether oxygens (including phenoxy) is 1. The number of amides is 2. The van der Waals surface area contributed by atoms with Gasteiger partial charge in [0, 0.05) is 23.6 Å². The molecule has 0 saturated heterocycles. The van der Waals surface area contributed by atoms with E-state index in [4.69, 9.17) is 4.74 Å². The summed E-state index contributed by atoms with van der Waals surface area (Å²) in [5, 5.41) is 2.78. The molecular weight excluding hydrogens is 361 g/mol. The van der Waals surface area contributed by atoms with Gasteiger partial charge in [0.05, 0.1) is 12.2 Å². The summed E-state index contributed by atoms with van der Waals surface area (Å²) in [6, 6.07) is 14.2. The van der Waals surface area contributed by atoms with Crippen molar-refractivity contribution in [1.29, 1.82) is 0 Å². The van der Waals surface area contributed by atoms with Gasteiger partial charge in [0.1, 0.15) is 11.6 Å². The van der Waals surface area contributed by atoms with Crippen LogP contribution in [0.15, 0.2) is 67.0 Å². The number of pyridine rings is 1. The number of carbonyl (C=O) groups is 2. The highest BCUT2D eigenvalue weighted by Gasteiger charge is 2.26. The van der Waals surface area contributed by atoms with Crippen molar-refractivity contribution < 1.29 is 18.7 Å². The summed E-state index contributed by atoms with van der Waals surface area (Å²) >= 11 is 0. The molecule has 140 valence electrons. The molecule has 3 aromatic rings. The van der Waals surface area contributed by atoms with E-state index in [1.807, 2.05) is 0 Å². The van der Waals surface area contributed by atoms with Gasteiger partial charge in [0.2, 0.25) is 0 Å². The Kier molecular flexibility index (Phi) is 4.72. The van der Waals surface area contributed by atoms with Crippen molar-refractivity contribution in [3.63, 3.8) is 0 Å². The second-order valence-corrected chi connectivity index (χ2v) is 6.27. The number of fused-ring (bicyclic) bond motifs is 1. The molecule has 4 rings (SSSR count). The van der Waals surface area contributed by atoms with Crippen LogP contribution in [0.5, 0.6) is 5.75 Å². The van der Waals surface area contributed by atoms with E-state index in [0.717, 1.165) is 5.56 Å². The number of rotatable bonds is 4. The van der Waals surface area contributed by atoms with Crippen molar-refractivity contribution >= 4 is 23.2 Å². The lowest BCUT2D eigenvalue weighted by Crippen LogP contribution is -2.38. The average Bonchev–Trinajstić information content (AvgIpc) is 2.72. The molecule has 1 aliphatic rings. The van der Waals surface area contributed by atoms with Gasteiger partial charge >= 0.3 is 0 Å². The van der Waals surface area contributed by atoms with Gasteiger partial charge < -0.3 is 15.0 Å². The lowest BCUT2D eigenvalue weighted by Gasteiger charge is -2.29. The monoisotopic (exact) mass is 377 g/mol. The molecule has 1 N–H and O–H groups in total. The van der Waals surface area contributed by atoms with E-state index in [9.17, 15) is 14.0 Å². The van der Waals surface area contributed by atoms with Crippen LogP contribution < -0.4 is 15.0 Å². The molecule has 0 atom stereocenters. The largest absolute Gasteiger partial charge is 0.482 e. The molecule has 0 radical (unpaired) electrons. The fourth-order valence-corrected chi connectivity index (χ4v) is 2.93. The highest BCUT2D eigenvalue weighted by molar-refractivity contribution is 6.06. The van der Waals surface area contributed by atoms with E-state index in [2.05, 4.69) is 10.3 Å². The van der Waals surface area contributed by atoms with Crippen molar-refractivity contribution in [2.24, 2.45) is 0 Å². The Balaban J connectivity index is 1.61. The number of anilines is 2. The second-order valence-electron chi connectivity index (χ2n) is 6.27. The van der Waals surface area contributed by atoms with Crippen molar-refractivity contribution in [3.05, 3.63) is 83.9 Å². The third kappa shape index (κ3) is 3.68. The first-order valence-electron chi connectivity index (χ1n) is 8.63. The van der Waals surface area contributed by atoms with Crippen LogP contribution >= 0.6 is 0 Å². The lowest BCUT2D eigenvalue weighted by molar-refractivity contribution is -0.121. The maximum Gasteiger partial charge on any atom is 0.265 e. The summed E-state index contributed by atoms with van der Waals surface area (Å²) in [5.74, 6) is -0.369. The Hall–Kier alpha value is -3.74. The standard InChI is InChI=1S/C21H16FN3O3/c22-16-4-1-14(2-5-16)12-25-18-11-15(3-6-19(18)28-13-20(25)26)21(27)24-17-7-9-23-10-8-17/h1-11H,12-13H2,(H,23,24,27). The van der Waals surface area contributed by atoms with E-state index in [-0.39, 0.29) is 30.8 Å².